The molecule has 30 heavy (non-hydrogen) atoms. The number of piperidine rings is 1. The summed E-state index contributed by atoms with van der Waals surface area (Å²) < 4.78 is 11.5. The van der Waals surface area contributed by atoms with Crippen molar-refractivity contribution in [1.82, 2.24) is 4.90 Å². The first kappa shape index (κ1) is 20.9. The monoisotopic (exact) mass is 419 g/mol. The summed E-state index contributed by atoms with van der Waals surface area (Å²) >= 11 is 0. The molecular formula is C24H37NO5. The van der Waals surface area contributed by atoms with E-state index >= 15 is 0 Å². The van der Waals surface area contributed by atoms with Crippen molar-refractivity contribution in [3.63, 3.8) is 0 Å². The zero-order valence-corrected chi connectivity index (χ0v) is 18.8. The van der Waals surface area contributed by atoms with Crippen molar-refractivity contribution in [2.24, 2.45) is 34.5 Å². The van der Waals surface area contributed by atoms with Crippen LogP contribution in [-0.2, 0) is 14.3 Å². The third-order valence-electron chi connectivity index (χ3n) is 9.61. The Labute approximate surface area is 179 Å². The molecule has 2 heterocycles. The van der Waals surface area contributed by atoms with Gasteiger partial charge in [-0.1, -0.05) is 25.0 Å². The number of carbonyl (C=O) groups excluding carboxylic acids is 1. The molecule has 3 fully saturated rings. The van der Waals surface area contributed by atoms with Crippen LogP contribution in [0.5, 0.6) is 0 Å². The van der Waals surface area contributed by atoms with Crippen molar-refractivity contribution in [2.45, 2.75) is 64.3 Å². The van der Waals surface area contributed by atoms with Gasteiger partial charge in [0.15, 0.2) is 5.79 Å². The molecule has 168 valence electrons. The van der Waals surface area contributed by atoms with Gasteiger partial charge in [0.2, 0.25) is 0 Å². The molecule has 7 unspecified atom stereocenters. The molecule has 6 nitrogen and oxygen atoms in total. The minimum Gasteiger partial charge on any atom is -0.469 e. The van der Waals surface area contributed by atoms with Crippen molar-refractivity contribution in [3.8, 4) is 0 Å². The first-order valence-corrected chi connectivity index (χ1v) is 11.7. The van der Waals surface area contributed by atoms with Crippen LogP contribution in [-0.4, -0.2) is 66.8 Å². The molecule has 0 aromatic rings. The third kappa shape index (κ3) is 2.48. The second kappa shape index (κ2) is 6.77. The van der Waals surface area contributed by atoms with Gasteiger partial charge in [-0.3, -0.25) is 4.79 Å². The minimum absolute atomic E-state index is 0.0907. The van der Waals surface area contributed by atoms with Crippen molar-refractivity contribution in [1.29, 1.82) is 0 Å². The number of aliphatic hydroxyl groups is 2. The van der Waals surface area contributed by atoms with Crippen LogP contribution in [0.4, 0.5) is 0 Å². The molecular weight excluding hydrogens is 382 g/mol. The van der Waals surface area contributed by atoms with Gasteiger partial charge >= 0.3 is 5.97 Å². The van der Waals surface area contributed by atoms with Crippen molar-refractivity contribution >= 4 is 5.97 Å². The molecule has 0 aromatic heterocycles. The number of aliphatic hydroxyl groups excluding tert-OH is 1. The summed E-state index contributed by atoms with van der Waals surface area (Å²) in [7, 11) is 3.69. The molecule has 3 aliphatic carbocycles. The van der Waals surface area contributed by atoms with Gasteiger partial charge in [0.1, 0.15) is 6.10 Å². The molecule has 2 saturated heterocycles. The summed E-state index contributed by atoms with van der Waals surface area (Å²) in [4.78, 5) is 15.2. The number of allylic oxidation sites excluding steroid dienone is 1. The highest BCUT2D eigenvalue weighted by Crippen LogP contribution is 2.71. The number of hydrogen-bond donors (Lipinski definition) is 2. The Balaban J connectivity index is 1.65. The summed E-state index contributed by atoms with van der Waals surface area (Å²) in [6, 6.07) is 0. The smallest absolute Gasteiger partial charge is 0.309 e. The molecule has 2 N–H and O–H groups in total. The second-order valence-corrected chi connectivity index (χ2v) is 11.1. The highest BCUT2D eigenvalue weighted by atomic mass is 16.6. The largest absolute Gasteiger partial charge is 0.469 e. The maximum absolute atomic E-state index is 12.8. The first-order chi connectivity index (χ1) is 14.2. The summed E-state index contributed by atoms with van der Waals surface area (Å²) in [5, 5.41) is 22.3. The number of methoxy groups -OCH3 is 1. The van der Waals surface area contributed by atoms with E-state index in [2.05, 4.69) is 11.9 Å². The van der Waals surface area contributed by atoms with Crippen molar-refractivity contribution in [3.05, 3.63) is 11.1 Å². The van der Waals surface area contributed by atoms with Crippen LogP contribution in [0, 0.1) is 34.5 Å². The number of rotatable bonds is 2. The fraction of sp³-hybridized carbons (Fsp3) is 0.875. The van der Waals surface area contributed by atoms with Crippen LogP contribution < -0.4 is 0 Å². The Kier molecular flexibility index (Phi) is 4.72. The molecule has 0 radical (unpaired) electrons. The number of likely N-dealkylation sites (tertiary alicyclic amines) is 1. The van der Waals surface area contributed by atoms with Crippen LogP contribution in [0.1, 0.15) is 52.4 Å². The molecule has 0 aromatic carbocycles. The number of ether oxygens (including phenoxy) is 2. The van der Waals surface area contributed by atoms with Crippen molar-refractivity contribution in [2.75, 3.05) is 33.9 Å². The van der Waals surface area contributed by atoms with Gasteiger partial charge in [-0.25, -0.2) is 0 Å². The highest BCUT2D eigenvalue weighted by Gasteiger charge is 2.70. The van der Waals surface area contributed by atoms with E-state index in [4.69, 9.17) is 9.47 Å². The van der Waals surface area contributed by atoms with E-state index < -0.39 is 11.9 Å². The quantitative estimate of drug-likeness (QED) is 0.528. The number of carbonyl (C=O) groups is 1. The normalized spacial score (nSPS) is 48.2. The van der Waals surface area contributed by atoms with Crippen LogP contribution in [0.15, 0.2) is 11.1 Å². The summed E-state index contributed by atoms with van der Waals surface area (Å²) in [5.41, 5.74) is 2.62. The van der Waals surface area contributed by atoms with Gasteiger partial charge in [-0.05, 0) is 57.4 Å². The van der Waals surface area contributed by atoms with Crippen LogP contribution >= 0.6 is 0 Å². The fourth-order valence-corrected chi connectivity index (χ4v) is 8.27. The lowest BCUT2D eigenvalue weighted by molar-refractivity contribution is -0.342. The predicted octanol–water partition coefficient (Wildman–Crippen LogP) is 2.34. The van der Waals surface area contributed by atoms with E-state index in [1.54, 1.807) is 5.57 Å². The van der Waals surface area contributed by atoms with Gasteiger partial charge in [-0.2, -0.15) is 0 Å². The van der Waals surface area contributed by atoms with E-state index in [0.29, 0.717) is 18.9 Å². The number of nitrogens with zero attached hydrogens (tertiary/aromatic N) is 1. The molecule has 7 atom stereocenters. The van der Waals surface area contributed by atoms with Gasteiger partial charge in [0, 0.05) is 29.8 Å². The minimum atomic E-state index is -1.50. The Morgan fingerprint density at radius 1 is 1.27 bits per heavy atom. The highest BCUT2D eigenvalue weighted by molar-refractivity contribution is 5.75. The first-order valence-electron chi connectivity index (χ1n) is 11.7. The maximum Gasteiger partial charge on any atom is 0.309 e. The molecule has 6 heteroatoms. The van der Waals surface area contributed by atoms with Gasteiger partial charge in [-0.15, -0.1) is 0 Å². The van der Waals surface area contributed by atoms with Crippen LogP contribution in [0.3, 0.4) is 0 Å². The second-order valence-electron chi connectivity index (χ2n) is 11.1. The zero-order valence-electron chi connectivity index (χ0n) is 18.8. The van der Waals surface area contributed by atoms with E-state index in [9.17, 15) is 15.0 Å². The molecule has 2 aliphatic heterocycles. The third-order valence-corrected chi connectivity index (χ3v) is 9.61. The number of esters is 1. The molecule has 2 spiro atoms. The van der Waals surface area contributed by atoms with E-state index in [0.717, 1.165) is 45.2 Å². The summed E-state index contributed by atoms with van der Waals surface area (Å²) in [6.45, 7) is 6.12. The van der Waals surface area contributed by atoms with E-state index in [1.165, 1.54) is 12.7 Å². The SMILES string of the molecule is COC(=O)C1CC23CN(C)CC(CCC4=C2C1CC4)C31COC(O)(C(C)C)C(O)C1. The zero-order chi connectivity index (χ0) is 21.5. The average Bonchev–Trinajstić information content (AvgIpc) is 3.24. The fourth-order valence-electron chi connectivity index (χ4n) is 8.27. The van der Waals surface area contributed by atoms with Crippen LogP contribution in [0.25, 0.3) is 0 Å². The summed E-state index contributed by atoms with van der Waals surface area (Å²) in [5.74, 6) is -1.24. The summed E-state index contributed by atoms with van der Waals surface area (Å²) in [6.07, 6.45) is 4.70. The Hall–Kier alpha value is -0.950. The Morgan fingerprint density at radius 3 is 2.67 bits per heavy atom. The molecule has 0 amide bonds. The Morgan fingerprint density at radius 2 is 2.00 bits per heavy atom. The van der Waals surface area contributed by atoms with Gasteiger partial charge < -0.3 is 24.6 Å². The van der Waals surface area contributed by atoms with Crippen molar-refractivity contribution < 1.29 is 24.5 Å². The molecule has 1 saturated carbocycles. The van der Waals surface area contributed by atoms with Gasteiger partial charge in [0.05, 0.1) is 19.6 Å². The average molecular weight is 420 g/mol. The Bertz CT molecular complexity index is 780. The standard InChI is InChI=1S/C24H37NO5/c1-14(2)24(28)19(26)10-23(13-30-24)16-7-5-15-6-8-17-18(21(27)29-4)9-22(23,20(15)17)12-25(3)11-16/h14,16-19,26,28H,5-13H2,1-4H3. The lowest BCUT2D eigenvalue weighted by atomic mass is 9.49. The van der Waals surface area contributed by atoms with Gasteiger partial charge in [0.25, 0.3) is 0 Å². The predicted molar refractivity (Wildman–Crippen MR) is 111 cm³/mol. The lowest BCUT2D eigenvalue weighted by Crippen LogP contribution is -2.68. The topological polar surface area (TPSA) is 79.2 Å². The molecule has 5 aliphatic rings. The van der Waals surface area contributed by atoms with E-state index in [-0.39, 0.29) is 34.6 Å². The maximum atomic E-state index is 12.8. The van der Waals surface area contributed by atoms with Crippen LogP contribution in [0.2, 0.25) is 0 Å². The lowest BCUT2D eigenvalue weighted by Gasteiger charge is -2.63. The molecule has 2 bridgehead atoms. The van der Waals surface area contributed by atoms with E-state index in [1.807, 2.05) is 13.8 Å². The number of hydrogen-bond acceptors (Lipinski definition) is 6. The molecule has 5 rings (SSSR count).